The summed E-state index contributed by atoms with van der Waals surface area (Å²) in [7, 11) is 0. The van der Waals surface area contributed by atoms with Crippen LogP contribution in [0, 0.1) is 0 Å². The molecule has 2 N–H and O–H groups in total. The van der Waals surface area contributed by atoms with Crippen LogP contribution in [0.25, 0.3) is 0 Å². The second kappa shape index (κ2) is 4.55. The molecule has 0 radical (unpaired) electrons. The smallest absolute Gasteiger partial charge is 0.358 e. The molecular weight excluding hydrogens is 206 g/mol. The Morgan fingerprint density at radius 1 is 1.62 bits per heavy atom. The number of carbonyl (C=O) groups is 1. The van der Waals surface area contributed by atoms with E-state index >= 15 is 0 Å². The van der Waals surface area contributed by atoms with Gasteiger partial charge in [0.15, 0.2) is 5.69 Å². The van der Waals surface area contributed by atoms with Gasteiger partial charge in [-0.25, -0.2) is 9.48 Å². The van der Waals surface area contributed by atoms with Crippen molar-refractivity contribution >= 4 is 11.8 Å². The fraction of sp³-hybridized carbons (Fsp3) is 0.636. The van der Waals surface area contributed by atoms with Gasteiger partial charge in [-0.1, -0.05) is 12.8 Å². The van der Waals surface area contributed by atoms with Crippen LogP contribution >= 0.6 is 0 Å². The van der Waals surface area contributed by atoms with E-state index in [1.54, 1.807) is 17.7 Å². The molecule has 88 valence electrons. The van der Waals surface area contributed by atoms with E-state index < -0.39 is 5.97 Å². The van der Waals surface area contributed by atoms with Gasteiger partial charge in [-0.2, -0.15) is 5.10 Å². The molecule has 0 aliphatic heterocycles. The molecule has 0 aromatic carbocycles. The van der Waals surface area contributed by atoms with Crippen molar-refractivity contribution < 1.29 is 9.53 Å². The summed E-state index contributed by atoms with van der Waals surface area (Å²) < 4.78 is 6.65. The minimum absolute atomic E-state index is 0.311. The lowest BCUT2D eigenvalue weighted by atomic mass is 10.2. The second-order valence-electron chi connectivity index (χ2n) is 4.06. The van der Waals surface area contributed by atoms with Crippen LogP contribution in [-0.2, 0) is 4.74 Å². The van der Waals surface area contributed by atoms with E-state index in [1.807, 2.05) is 0 Å². The minimum atomic E-state index is -0.397. The molecule has 16 heavy (non-hydrogen) atoms. The van der Waals surface area contributed by atoms with Gasteiger partial charge in [0.25, 0.3) is 0 Å². The average molecular weight is 223 g/mol. The zero-order valence-electron chi connectivity index (χ0n) is 9.48. The summed E-state index contributed by atoms with van der Waals surface area (Å²) in [6, 6.07) is 1.94. The van der Waals surface area contributed by atoms with Gasteiger partial charge in [-0.3, -0.25) is 0 Å². The molecular formula is C11H17N3O2. The number of ether oxygens (including phenoxy) is 1. The van der Waals surface area contributed by atoms with E-state index in [0.717, 1.165) is 12.8 Å². The van der Waals surface area contributed by atoms with Gasteiger partial charge < -0.3 is 10.5 Å². The van der Waals surface area contributed by atoms with E-state index in [-0.39, 0.29) is 0 Å². The molecule has 0 bridgehead atoms. The predicted octanol–water partition coefficient (Wildman–Crippen LogP) is 1.76. The maximum Gasteiger partial charge on any atom is 0.358 e. The molecule has 1 aliphatic carbocycles. The largest absolute Gasteiger partial charge is 0.461 e. The van der Waals surface area contributed by atoms with Gasteiger partial charge in [-0.05, 0) is 19.8 Å². The third kappa shape index (κ3) is 2.03. The Morgan fingerprint density at radius 3 is 2.94 bits per heavy atom. The number of rotatable bonds is 3. The summed E-state index contributed by atoms with van der Waals surface area (Å²) in [5.74, 6) is 0.154. The highest BCUT2D eigenvalue weighted by molar-refractivity contribution is 5.88. The van der Waals surface area contributed by atoms with E-state index in [2.05, 4.69) is 5.10 Å². The van der Waals surface area contributed by atoms with E-state index in [9.17, 15) is 4.79 Å². The first-order chi connectivity index (χ1) is 7.72. The molecule has 1 fully saturated rings. The van der Waals surface area contributed by atoms with E-state index in [4.69, 9.17) is 10.5 Å². The Balaban J connectivity index is 2.17. The van der Waals surface area contributed by atoms with Crippen LogP contribution < -0.4 is 5.73 Å². The van der Waals surface area contributed by atoms with Gasteiger partial charge in [0.2, 0.25) is 0 Å². The topological polar surface area (TPSA) is 70.1 Å². The van der Waals surface area contributed by atoms with Crippen LogP contribution in [0.15, 0.2) is 6.07 Å². The molecule has 1 aromatic rings. The zero-order valence-corrected chi connectivity index (χ0v) is 9.48. The molecule has 1 aromatic heterocycles. The molecule has 0 unspecified atom stereocenters. The molecule has 0 atom stereocenters. The number of carbonyl (C=O) groups excluding carboxylic acids is 1. The lowest BCUT2D eigenvalue weighted by molar-refractivity contribution is 0.0518. The number of anilines is 1. The van der Waals surface area contributed by atoms with Crippen LogP contribution in [0.3, 0.4) is 0 Å². The minimum Gasteiger partial charge on any atom is -0.461 e. The SMILES string of the molecule is CCOC(=O)c1cc(N)n(C2CCCC2)n1. The number of esters is 1. The number of hydrogen-bond donors (Lipinski definition) is 1. The van der Waals surface area contributed by atoms with Crippen molar-refractivity contribution in [1.29, 1.82) is 0 Å². The normalized spacial score (nSPS) is 16.6. The van der Waals surface area contributed by atoms with E-state index in [0.29, 0.717) is 24.2 Å². The van der Waals surface area contributed by atoms with Crippen LogP contribution in [0.1, 0.15) is 49.1 Å². The Kier molecular flexibility index (Phi) is 3.12. The molecule has 5 nitrogen and oxygen atoms in total. The molecule has 1 aliphatic rings. The van der Waals surface area contributed by atoms with Gasteiger partial charge in [0, 0.05) is 6.07 Å². The number of hydrogen-bond acceptors (Lipinski definition) is 4. The lowest BCUT2D eigenvalue weighted by Crippen LogP contribution is -2.11. The summed E-state index contributed by atoms with van der Waals surface area (Å²) in [6.07, 6.45) is 4.60. The first-order valence-corrected chi connectivity index (χ1v) is 5.74. The molecule has 1 heterocycles. The van der Waals surface area contributed by atoms with Crippen molar-refractivity contribution in [2.45, 2.75) is 38.6 Å². The molecule has 2 rings (SSSR count). The summed E-state index contributed by atoms with van der Waals surface area (Å²) in [5, 5.41) is 4.23. The monoisotopic (exact) mass is 223 g/mol. The maximum atomic E-state index is 11.5. The van der Waals surface area contributed by atoms with Gasteiger partial charge in [0.05, 0.1) is 12.6 Å². The van der Waals surface area contributed by atoms with Gasteiger partial charge >= 0.3 is 5.97 Å². The standard InChI is InChI=1S/C11H17N3O2/c1-2-16-11(15)9-7-10(12)14(13-9)8-5-3-4-6-8/h7-8H,2-6,12H2,1H3. The van der Waals surface area contributed by atoms with Crippen molar-refractivity contribution in [2.24, 2.45) is 0 Å². The number of aromatic nitrogens is 2. The van der Waals surface area contributed by atoms with Crippen molar-refractivity contribution in [3.8, 4) is 0 Å². The van der Waals surface area contributed by atoms with Crippen molar-refractivity contribution in [3.63, 3.8) is 0 Å². The van der Waals surface area contributed by atoms with Gasteiger partial charge in [0.1, 0.15) is 5.82 Å². The Bertz CT molecular complexity index is 381. The second-order valence-corrected chi connectivity index (χ2v) is 4.06. The fourth-order valence-electron chi connectivity index (χ4n) is 2.15. The highest BCUT2D eigenvalue weighted by atomic mass is 16.5. The molecule has 0 amide bonds. The fourth-order valence-corrected chi connectivity index (χ4v) is 2.15. The Hall–Kier alpha value is -1.52. The number of nitrogens with zero attached hydrogens (tertiary/aromatic N) is 2. The molecule has 1 saturated carbocycles. The predicted molar refractivity (Wildman–Crippen MR) is 60.1 cm³/mol. The van der Waals surface area contributed by atoms with Crippen molar-refractivity contribution in [1.82, 2.24) is 9.78 Å². The summed E-state index contributed by atoms with van der Waals surface area (Å²) in [6.45, 7) is 2.13. The maximum absolute atomic E-state index is 11.5. The van der Waals surface area contributed by atoms with E-state index in [1.165, 1.54) is 12.8 Å². The van der Waals surface area contributed by atoms with Crippen LogP contribution in [-0.4, -0.2) is 22.4 Å². The Labute approximate surface area is 94.6 Å². The van der Waals surface area contributed by atoms with Gasteiger partial charge in [-0.15, -0.1) is 0 Å². The summed E-state index contributed by atoms with van der Waals surface area (Å²) >= 11 is 0. The first-order valence-electron chi connectivity index (χ1n) is 5.74. The summed E-state index contributed by atoms with van der Waals surface area (Å²) in [4.78, 5) is 11.5. The third-order valence-corrected chi connectivity index (χ3v) is 2.92. The molecule has 0 saturated heterocycles. The Morgan fingerprint density at radius 2 is 2.31 bits per heavy atom. The van der Waals surface area contributed by atoms with Crippen LogP contribution in [0.5, 0.6) is 0 Å². The number of nitrogens with two attached hydrogens (primary N) is 1. The highest BCUT2D eigenvalue weighted by Gasteiger charge is 2.22. The summed E-state index contributed by atoms with van der Waals surface area (Å²) in [5.41, 5.74) is 6.16. The molecule has 0 spiro atoms. The van der Waals surface area contributed by atoms with Crippen LogP contribution in [0.4, 0.5) is 5.82 Å². The quantitative estimate of drug-likeness (QED) is 0.792. The third-order valence-electron chi connectivity index (χ3n) is 2.92. The highest BCUT2D eigenvalue weighted by Crippen LogP contribution is 2.30. The zero-order chi connectivity index (χ0) is 11.5. The van der Waals surface area contributed by atoms with Crippen molar-refractivity contribution in [2.75, 3.05) is 12.3 Å². The number of nitrogen functional groups attached to an aromatic ring is 1. The van der Waals surface area contributed by atoms with Crippen molar-refractivity contribution in [3.05, 3.63) is 11.8 Å². The average Bonchev–Trinajstić information content (AvgIpc) is 2.86. The first kappa shape index (κ1) is 11.0. The molecule has 5 heteroatoms. The lowest BCUT2D eigenvalue weighted by Gasteiger charge is -2.10. The van der Waals surface area contributed by atoms with Crippen LogP contribution in [0.2, 0.25) is 0 Å².